The van der Waals surface area contributed by atoms with Gasteiger partial charge in [-0.3, -0.25) is 0 Å². The summed E-state index contributed by atoms with van der Waals surface area (Å²) in [5.74, 6) is -0.157. The molecule has 1 aliphatic rings. The zero-order valence-electron chi connectivity index (χ0n) is 10.7. The molecule has 15 heavy (non-hydrogen) atoms. The molecular weight excluding hydrogens is 192 g/mol. The number of rotatable bonds is 2. The number of ether oxygens (including phenoxy) is 2. The average molecular weight is 216 g/mol. The van der Waals surface area contributed by atoms with E-state index in [4.69, 9.17) is 9.47 Å². The van der Waals surface area contributed by atoms with Crippen LogP contribution in [0, 0.1) is 5.92 Å². The van der Waals surface area contributed by atoms with E-state index in [9.17, 15) is 5.11 Å². The van der Waals surface area contributed by atoms with E-state index >= 15 is 0 Å². The number of hydrogen-bond donors (Lipinski definition) is 1. The minimum Gasteiger partial charge on any atom is -0.388 e. The van der Waals surface area contributed by atoms with Gasteiger partial charge in [0.05, 0.1) is 17.8 Å². The highest BCUT2D eigenvalue weighted by Gasteiger charge is 2.42. The quantitative estimate of drug-likeness (QED) is 0.770. The molecule has 0 radical (unpaired) electrons. The molecule has 0 saturated carbocycles. The SMILES string of the molecule is CC(C)[C@H]1C[C@H](C(C)(C)O)OC(C)(C)O1. The van der Waals surface area contributed by atoms with E-state index in [1.807, 2.05) is 13.8 Å². The topological polar surface area (TPSA) is 38.7 Å². The van der Waals surface area contributed by atoms with E-state index in [1.165, 1.54) is 0 Å². The fourth-order valence-electron chi connectivity index (χ4n) is 1.88. The Bertz CT molecular complexity index is 215. The second-order valence-electron chi connectivity index (χ2n) is 5.80. The molecule has 3 heteroatoms. The van der Waals surface area contributed by atoms with E-state index < -0.39 is 11.4 Å². The molecule has 0 aromatic heterocycles. The predicted octanol–water partition coefficient (Wildman–Crippen LogP) is 2.32. The first kappa shape index (κ1) is 12.9. The lowest BCUT2D eigenvalue weighted by Gasteiger charge is -2.45. The van der Waals surface area contributed by atoms with Crippen molar-refractivity contribution in [2.24, 2.45) is 5.92 Å². The molecule has 90 valence electrons. The van der Waals surface area contributed by atoms with E-state index in [0.29, 0.717) is 5.92 Å². The molecule has 1 fully saturated rings. The largest absolute Gasteiger partial charge is 0.388 e. The molecule has 1 aliphatic heterocycles. The van der Waals surface area contributed by atoms with Crippen LogP contribution in [0.3, 0.4) is 0 Å². The van der Waals surface area contributed by atoms with Gasteiger partial charge < -0.3 is 14.6 Å². The van der Waals surface area contributed by atoms with Gasteiger partial charge >= 0.3 is 0 Å². The summed E-state index contributed by atoms with van der Waals surface area (Å²) in [5, 5.41) is 9.99. The van der Waals surface area contributed by atoms with Crippen LogP contribution in [0.15, 0.2) is 0 Å². The Kier molecular flexibility index (Phi) is 3.49. The van der Waals surface area contributed by atoms with Crippen LogP contribution in [0.4, 0.5) is 0 Å². The highest BCUT2D eigenvalue weighted by Crippen LogP contribution is 2.34. The third kappa shape index (κ3) is 3.44. The lowest BCUT2D eigenvalue weighted by molar-refractivity contribution is -0.328. The number of aliphatic hydroxyl groups is 1. The van der Waals surface area contributed by atoms with Gasteiger partial charge in [0.1, 0.15) is 0 Å². The molecule has 1 saturated heterocycles. The second kappa shape index (κ2) is 4.04. The first-order valence-electron chi connectivity index (χ1n) is 5.70. The highest BCUT2D eigenvalue weighted by atomic mass is 16.7. The van der Waals surface area contributed by atoms with Gasteiger partial charge in [0.15, 0.2) is 5.79 Å². The van der Waals surface area contributed by atoms with Crippen LogP contribution < -0.4 is 0 Å². The molecule has 1 heterocycles. The van der Waals surface area contributed by atoms with E-state index in [2.05, 4.69) is 13.8 Å². The lowest BCUT2D eigenvalue weighted by Crippen LogP contribution is -2.53. The summed E-state index contributed by atoms with van der Waals surface area (Å²) >= 11 is 0. The maximum Gasteiger partial charge on any atom is 0.163 e. The Hall–Kier alpha value is -0.120. The summed E-state index contributed by atoms with van der Waals surface area (Å²) in [4.78, 5) is 0. The second-order valence-corrected chi connectivity index (χ2v) is 5.80. The molecule has 0 unspecified atom stereocenters. The Balaban J connectivity index is 2.77. The van der Waals surface area contributed by atoms with Crippen molar-refractivity contribution < 1.29 is 14.6 Å². The van der Waals surface area contributed by atoms with Gasteiger partial charge in [0, 0.05) is 6.42 Å². The van der Waals surface area contributed by atoms with Crippen LogP contribution in [0.5, 0.6) is 0 Å². The smallest absolute Gasteiger partial charge is 0.163 e. The minimum absolute atomic E-state index is 0.158. The van der Waals surface area contributed by atoms with Gasteiger partial charge in [0.2, 0.25) is 0 Å². The highest BCUT2D eigenvalue weighted by molar-refractivity contribution is 4.87. The zero-order valence-corrected chi connectivity index (χ0v) is 10.7. The Morgan fingerprint density at radius 3 is 2.20 bits per heavy atom. The monoisotopic (exact) mass is 216 g/mol. The van der Waals surface area contributed by atoms with Crippen molar-refractivity contribution in [1.29, 1.82) is 0 Å². The van der Waals surface area contributed by atoms with Crippen molar-refractivity contribution >= 4 is 0 Å². The maximum absolute atomic E-state index is 9.99. The lowest BCUT2D eigenvalue weighted by atomic mass is 9.90. The van der Waals surface area contributed by atoms with Crippen molar-refractivity contribution in [3.8, 4) is 0 Å². The fourth-order valence-corrected chi connectivity index (χ4v) is 1.88. The van der Waals surface area contributed by atoms with Crippen LogP contribution in [-0.2, 0) is 9.47 Å². The van der Waals surface area contributed by atoms with Crippen molar-refractivity contribution in [3.05, 3.63) is 0 Å². The van der Waals surface area contributed by atoms with Crippen LogP contribution >= 0.6 is 0 Å². The van der Waals surface area contributed by atoms with Crippen molar-refractivity contribution in [2.75, 3.05) is 0 Å². The first-order valence-corrected chi connectivity index (χ1v) is 5.70. The van der Waals surface area contributed by atoms with Gasteiger partial charge in [-0.25, -0.2) is 0 Å². The molecule has 3 nitrogen and oxygen atoms in total. The maximum atomic E-state index is 9.99. The molecule has 0 aromatic carbocycles. The average Bonchev–Trinajstić information content (AvgIpc) is 1.99. The summed E-state index contributed by atoms with van der Waals surface area (Å²) in [5.41, 5.74) is -0.811. The summed E-state index contributed by atoms with van der Waals surface area (Å²) < 4.78 is 11.6. The van der Waals surface area contributed by atoms with Crippen molar-refractivity contribution in [3.63, 3.8) is 0 Å². The Labute approximate surface area is 92.8 Å². The third-order valence-corrected chi connectivity index (χ3v) is 2.84. The van der Waals surface area contributed by atoms with Crippen LogP contribution in [0.25, 0.3) is 0 Å². The first-order chi connectivity index (χ1) is 6.62. The molecule has 2 atom stereocenters. The number of hydrogen-bond acceptors (Lipinski definition) is 3. The van der Waals surface area contributed by atoms with E-state index in [0.717, 1.165) is 6.42 Å². The predicted molar refractivity (Wildman–Crippen MR) is 59.6 cm³/mol. The zero-order chi connectivity index (χ0) is 11.9. The molecule has 0 aliphatic carbocycles. The normalized spacial score (nSPS) is 32.0. The molecular formula is C12H24O3. The van der Waals surface area contributed by atoms with Gasteiger partial charge in [0.25, 0.3) is 0 Å². The summed E-state index contributed by atoms with van der Waals surface area (Å²) in [6.07, 6.45) is 0.753. The summed E-state index contributed by atoms with van der Waals surface area (Å²) in [6, 6.07) is 0. The molecule has 0 amide bonds. The molecule has 1 rings (SSSR count). The summed E-state index contributed by atoms with van der Waals surface area (Å²) in [7, 11) is 0. The third-order valence-electron chi connectivity index (χ3n) is 2.84. The van der Waals surface area contributed by atoms with Gasteiger partial charge in [-0.1, -0.05) is 13.8 Å². The molecule has 0 aromatic rings. The van der Waals surface area contributed by atoms with Crippen molar-refractivity contribution in [2.45, 2.75) is 71.6 Å². The fraction of sp³-hybridized carbons (Fsp3) is 1.00. The standard InChI is InChI=1S/C12H24O3/c1-8(2)9-7-10(11(3,4)13)15-12(5,6)14-9/h8-10,13H,7H2,1-6H3/t9-,10-/m1/s1. The molecule has 1 N–H and O–H groups in total. The van der Waals surface area contributed by atoms with E-state index in [1.54, 1.807) is 13.8 Å². The van der Waals surface area contributed by atoms with Crippen LogP contribution in [0.1, 0.15) is 48.0 Å². The molecule has 0 bridgehead atoms. The van der Waals surface area contributed by atoms with E-state index in [-0.39, 0.29) is 12.2 Å². The van der Waals surface area contributed by atoms with Gasteiger partial charge in [-0.2, -0.15) is 0 Å². The van der Waals surface area contributed by atoms with Crippen LogP contribution in [0.2, 0.25) is 0 Å². The van der Waals surface area contributed by atoms with Gasteiger partial charge in [-0.05, 0) is 33.6 Å². The Morgan fingerprint density at radius 1 is 1.27 bits per heavy atom. The van der Waals surface area contributed by atoms with Crippen LogP contribution in [-0.4, -0.2) is 28.7 Å². The van der Waals surface area contributed by atoms with Crippen molar-refractivity contribution in [1.82, 2.24) is 0 Å². The Morgan fingerprint density at radius 2 is 1.80 bits per heavy atom. The molecule has 0 spiro atoms. The van der Waals surface area contributed by atoms with Gasteiger partial charge in [-0.15, -0.1) is 0 Å². The summed E-state index contributed by atoms with van der Waals surface area (Å²) in [6.45, 7) is 11.6. The minimum atomic E-state index is -0.811.